The van der Waals surface area contributed by atoms with Gasteiger partial charge in [-0.05, 0) is 49.8 Å². The van der Waals surface area contributed by atoms with E-state index in [9.17, 15) is 18.0 Å². The number of hydrogen-bond acceptors (Lipinski definition) is 5. The SMILES string of the molecule is Nc1c(Cl)cc(C[C@@H](N)C(=O)N2CCC(N3CCN(C4CC4)CC3)CC2)cc1C(F)(F)F. The molecule has 0 aromatic heterocycles. The third kappa shape index (κ3) is 5.32. The van der Waals surface area contributed by atoms with Crippen molar-refractivity contribution in [3.8, 4) is 0 Å². The van der Waals surface area contributed by atoms with E-state index < -0.39 is 23.5 Å². The number of carbonyl (C=O) groups excluding carboxylic acids is 1. The molecule has 0 unspecified atom stereocenters. The van der Waals surface area contributed by atoms with Crippen molar-refractivity contribution in [3.63, 3.8) is 0 Å². The molecule has 2 heterocycles. The fourth-order valence-corrected chi connectivity index (χ4v) is 5.20. The number of anilines is 1. The van der Waals surface area contributed by atoms with Crippen molar-refractivity contribution < 1.29 is 18.0 Å². The molecule has 1 saturated carbocycles. The first-order valence-electron chi connectivity index (χ1n) is 11.3. The Hall–Kier alpha value is -1.55. The molecule has 10 heteroatoms. The van der Waals surface area contributed by atoms with E-state index in [1.807, 2.05) is 0 Å². The smallest absolute Gasteiger partial charge is 0.397 e. The minimum absolute atomic E-state index is 0.0228. The average Bonchev–Trinajstić information content (AvgIpc) is 3.60. The van der Waals surface area contributed by atoms with Crippen molar-refractivity contribution >= 4 is 23.2 Å². The lowest BCUT2D eigenvalue weighted by Gasteiger charge is -2.43. The Kier molecular flexibility index (Phi) is 6.91. The molecule has 4 N–H and O–H groups in total. The number of alkyl halides is 3. The van der Waals surface area contributed by atoms with E-state index in [1.54, 1.807) is 4.90 Å². The molecule has 6 nitrogen and oxygen atoms in total. The first-order chi connectivity index (χ1) is 15.1. The zero-order chi connectivity index (χ0) is 23.0. The first kappa shape index (κ1) is 23.6. The quantitative estimate of drug-likeness (QED) is 0.643. The number of benzene rings is 1. The van der Waals surface area contributed by atoms with Crippen molar-refractivity contribution in [1.82, 2.24) is 14.7 Å². The maximum Gasteiger partial charge on any atom is 0.418 e. The van der Waals surface area contributed by atoms with Gasteiger partial charge in [-0.1, -0.05) is 11.6 Å². The van der Waals surface area contributed by atoms with Gasteiger partial charge in [-0.3, -0.25) is 14.6 Å². The molecule has 3 fully saturated rings. The zero-order valence-electron chi connectivity index (χ0n) is 18.1. The predicted octanol–water partition coefficient (Wildman–Crippen LogP) is 2.58. The molecule has 1 aliphatic carbocycles. The summed E-state index contributed by atoms with van der Waals surface area (Å²) in [5.41, 5.74) is 10.3. The van der Waals surface area contributed by atoms with E-state index in [0.29, 0.717) is 19.1 Å². The summed E-state index contributed by atoms with van der Waals surface area (Å²) in [7, 11) is 0. The number of nitrogens with two attached hydrogens (primary N) is 2. The number of hydrogen-bond donors (Lipinski definition) is 2. The first-order valence-corrected chi connectivity index (χ1v) is 11.7. The Balaban J connectivity index is 1.29. The van der Waals surface area contributed by atoms with Gasteiger partial charge in [0.15, 0.2) is 0 Å². The van der Waals surface area contributed by atoms with Gasteiger partial charge in [0.2, 0.25) is 5.91 Å². The van der Waals surface area contributed by atoms with Crippen molar-refractivity contribution in [2.24, 2.45) is 5.73 Å². The van der Waals surface area contributed by atoms with Crippen LogP contribution in [0, 0.1) is 0 Å². The standard InChI is InChI=1S/C22H31ClF3N5O/c23-18-12-14(11-17(20(18)28)22(24,25)26)13-19(27)21(32)31-5-3-16(4-6-31)30-9-7-29(8-10-30)15-1-2-15/h11-12,15-16,19H,1-10,13,27-28H2/t19-/m1/s1. The van der Waals surface area contributed by atoms with E-state index in [0.717, 1.165) is 51.1 Å². The number of amides is 1. The monoisotopic (exact) mass is 473 g/mol. The second kappa shape index (κ2) is 9.37. The van der Waals surface area contributed by atoms with Crippen LogP contribution in [-0.2, 0) is 17.4 Å². The van der Waals surface area contributed by atoms with Crippen LogP contribution >= 0.6 is 11.6 Å². The minimum Gasteiger partial charge on any atom is -0.397 e. The molecule has 0 radical (unpaired) electrons. The molecule has 1 aromatic carbocycles. The summed E-state index contributed by atoms with van der Waals surface area (Å²) in [6.45, 7) is 5.65. The summed E-state index contributed by atoms with van der Waals surface area (Å²) >= 11 is 5.89. The Morgan fingerprint density at radius 3 is 2.03 bits per heavy atom. The number of rotatable bonds is 5. The maximum atomic E-state index is 13.2. The molecular weight excluding hydrogens is 443 g/mol. The molecule has 0 spiro atoms. The van der Waals surface area contributed by atoms with E-state index in [-0.39, 0.29) is 22.9 Å². The summed E-state index contributed by atoms with van der Waals surface area (Å²) in [6.07, 6.45) is -0.182. The lowest BCUT2D eigenvalue weighted by atomic mass is 9.99. The molecule has 1 aromatic rings. The summed E-state index contributed by atoms with van der Waals surface area (Å²) in [5.74, 6) is -0.233. The molecule has 2 aliphatic heterocycles. The van der Waals surface area contributed by atoms with Gasteiger partial charge < -0.3 is 16.4 Å². The van der Waals surface area contributed by atoms with Gasteiger partial charge in [0.25, 0.3) is 0 Å². The zero-order valence-corrected chi connectivity index (χ0v) is 18.8. The highest BCUT2D eigenvalue weighted by Gasteiger charge is 2.36. The summed E-state index contributed by atoms with van der Waals surface area (Å²) in [6, 6.07) is 2.65. The van der Waals surface area contributed by atoms with Crippen LogP contribution in [0.4, 0.5) is 18.9 Å². The number of nitrogens with zero attached hydrogens (tertiary/aromatic N) is 3. The Labute approximate surface area is 191 Å². The highest BCUT2D eigenvalue weighted by Crippen LogP contribution is 2.38. The van der Waals surface area contributed by atoms with Gasteiger partial charge in [0, 0.05) is 51.4 Å². The number of carbonyl (C=O) groups is 1. The fourth-order valence-electron chi connectivity index (χ4n) is 4.96. The van der Waals surface area contributed by atoms with Crippen LogP contribution < -0.4 is 11.5 Å². The summed E-state index contributed by atoms with van der Waals surface area (Å²) in [4.78, 5) is 19.7. The molecular formula is C22H31ClF3N5O. The van der Waals surface area contributed by atoms with Crippen molar-refractivity contribution in [2.75, 3.05) is 45.0 Å². The number of halogens is 4. The minimum atomic E-state index is -4.62. The topological polar surface area (TPSA) is 78.8 Å². The average molecular weight is 474 g/mol. The van der Waals surface area contributed by atoms with Crippen LogP contribution in [0.15, 0.2) is 12.1 Å². The van der Waals surface area contributed by atoms with Crippen LogP contribution in [0.2, 0.25) is 5.02 Å². The van der Waals surface area contributed by atoms with E-state index in [2.05, 4.69) is 9.80 Å². The normalized spacial score (nSPS) is 22.8. The van der Waals surface area contributed by atoms with Crippen LogP contribution in [0.25, 0.3) is 0 Å². The van der Waals surface area contributed by atoms with Crippen molar-refractivity contribution in [3.05, 3.63) is 28.3 Å². The lowest BCUT2D eigenvalue weighted by Crippen LogP contribution is -2.55. The Bertz CT molecular complexity index is 832. The molecule has 4 rings (SSSR count). The number of likely N-dealkylation sites (tertiary alicyclic amines) is 1. The van der Waals surface area contributed by atoms with Gasteiger partial charge >= 0.3 is 6.18 Å². The molecule has 1 amide bonds. The Morgan fingerprint density at radius 2 is 1.53 bits per heavy atom. The van der Waals surface area contributed by atoms with Crippen LogP contribution in [0.5, 0.6) is 0 Å². The highest BCUT2D eigenvalue weighted by atomic mass is 35.5. The van der Waals surface area contributed by atoms with Gasteiger partial charge in [-0.15, -0.1) is 0 Å². The third-order valence-corrected chi connectivity index (χ3v) is 7.28. The largest absolute Gasteiger partial charge is 0.418 e. The van der Waals surface area contributed by atoms with Gasteiger partial charge in [-0.2, -0.15) is 13.2 Å². The second-order valence-electron chi connectivity index (χ2n) is 9.21. The fraction of sp³-hybridized carbons (Fsp3) is 0.682. The van der Waals surface area contributed by atoms with E-state index >= 15 is 0 Å². The summed E-state index contributed by atoms with van der Waals surface area (Å²) in [5, 5.41) is -0.183. The van der Waals surface area contributed by atoms with Gasteiger partial charge in [0.1, 0.15) is 0 Å². The van der Waals surface area contributed by atoms with Crippen molar-refractivity contribution in [2.45, 2.75) is 56.4 Å². The Morgan fingerprint density at radius 1 is 1.00 bits per heavy atom. The second-order valence-corrected chi connectivity index (χ2v) is 9.61. The van der Waals surface area contributed by atoms with Crippen LogP contribution in [0.1, 0.15) is 36.8 Å². The lowest BCUT2D eigenvalue weighted by molar-refractivity contribution is -0.137. The molecule has 0 bridgehead atoms. The van der Waals surface area contributed by atoms with Crippen LogP contribution in [-0.4, -0.2) is 78.0 Å². The summed E-state index contributed by atoms with van der Waals surface area (Å²) < 4.78 is 39.6. The van der Waals surface area contributed by atoms with E-state index in [1.165, 1.54) is 18.9 Å². The van der Waals surface area contributed by atoms with Crippen molar-refractivity contribution in [1.29, 1.82) is 0 Å². The molecule has 178 valence electrons. The highest BCUT2D eigenvalue weighted by molar-refractivity contribution is 6.33. The maximum absolute atomic E-state index is 13.2. The van der Waals surface area contributed by atoms with Crippen LogP contribution in [0.3, 0.4) is 0 Å². The number of piperidine rings is 1. The van der Waals surface area contributed by atoms with Gasteiger partial charge in [-0.25, -0.2) is 0 Å². The van der Waals surface area contributed by atoms with E-state index in [4.69, 9.17) is 23.1 Å². The molecule has 32 heavy (non-hydrogen) atoms. The molecule has 1 atom stereocenters. The molecule has 3 aliphatic rings. The third-order valence-electron chi connectivity index (χ3n) is 6.97. The number of nitrogen functional groups attached to an aromatic ring is 1. The number of piperazine rings is 1. The predicted molar refractivity (Wildman–Crippen MR) is 118 cm³/mol. The molecule has 2 saturated heterocycles. The van der Waals surface area contributed by atoms with Gasteiger partial charge in [0.05, 0.1) is 22.3 Å².